The maximum absolute atomic E-state index is 12.1. The van der Waals surface area contributed by atoms with Gasteiger partial charge in [-0.2, -0.15) is 0 Å². The molecular weight excluding hydrogens is 246 g/mol. The standard InChI is InChI=1S/C18H25NO/c1-13-8-9-15-10-11-19(14(2)20)18(17(15)12-13)16-6-4-3-5-7-16/h8-9,12,16,18H,3-7,10-11H2,1-2H3. The molecule has 2 aliphatic rings. The van der Waals surface area contributed by atoms with Crippen molar-refractivity contribution in [3.8, 4) is 0 Å². The summed E-state index contributed by atoms with van der Waals surface area (Å²) in [4.78, 5) is 14.2. The number of benzene rings is 1. The zero-order valence-electron chi connectivity index (χ0n) is 12.7. The van der Waals surface area contributed by atoms with Gasteiger partial charge in [0, 0.05) is 13.5 Å². The SMILES string of the molecule is CC(=O)N1CCc2ccc(C)cc2C1C1CCCCC1. The molecule has 1 heterocycles. The number of aryl methyl sites for hydroxylation is 1. The Kier molecular flexibility index (Phi) is 3.82. The van der Waals surface area contributed by atoms with Crippen LogP contribution in [0.4, 0.5) is 0 Å². The van der Waals surface area contributed by atoms with Crippen LogP contribution in [0.3, 0.4) is 0 Å². The van der Waals surface area contributed by atoms with Crippen LogP contribution in [-0.2, 0) is 11.2 Å². The van der Waals surface area contributed by atoms with E-state index in [1.807, 2.05) is 0 Å². The average molecular weight is 271 g/mol. The van der Waals surface area contributed by atoms with Crippen molar-refractivity contribution in [2.75, 3.05) is 6.54 Å². The second-order valence-electron chi connectivity index (χ2n) is 6.51. The number of carbonyl (C=O) groups excluding carboxylic acids is 1. The van der Waals surface area contributed by atoms with E-state index in [9.17, 15) is 4.79 Å². The van der Waals surface area contributed by atoms with Crippen molar-refractivity contribution in [3.05, 3.63) is 34.9 Å². The van der Waals surface area contributed by atoms with Crippen molar-refractivity contribution in [2.24, 2.45) is 5.92 Å². The lowest BCUT2D eigenvalue weighted by Gasteiger charge is -2.43. The Hall–Kier alpha value is -1.31. The second kappa shape index (κ2) is 5.59. The maximum Gasteiger partial charge on any atom is 0.219 e. The van der Waals surface area contributed by atoms with Crippen LogP contribution >= 0.6 is 0 Å². The van der Waals surface area contributed by atoms with Crippen molar-refractivity contribution >= 4 is 5.91 Å². The number of hydrogen-bond donors (Lipinski definition) is 0. The van der Waals surface area contributed by atoms with E-state index in [4.69, 9.17) is 0 Å². The zero-order valence-corrected chi connectivity index (χ0v) is 12.7. The molecule has 1 aromatic carbocycles. The molecule has 108 valence electrons. The van der Waals surface area contributed by atoms with Gasteiger partial charge in [-0.3, -0.25) is 4.79 Å². The Morgan fingerprint density at radius 1 is 1.20 bits per heavy atom. The molecule has 0 bridgehead atoms. The average Bonchev–Trinajstić information content (AvgIpc) is 2.46. The Morgan fingerprint density at radius 3 is 2.65 bits per heavy atom. The highest BCUT2D eigenvalue weighted by molar-refractivity contribution is 5.74. The van der Waals surface area contributed by atoms with Crippen molar-refractivity contribution in [1.82, 2.24) is 4.90 Å². The zero-order chi connectivity index (χ0) is 14.1. The van der Waals surface area contributed by atoms with E-state index in [-0.39, 0.29) is 5.91 Å². The molecule has 0 radical (unpaired) electrons. The Bertz CT molecular complexity index is 502. The minimum atomic E-state index is 0.243. The van der Waals surface area contributed by atoms with Crippen molar-refractivity contribution in [3.63, 3.8) is 0 Å². The van der Waals surface area contributed by atoms with E-state index in [1.54, 1.807) is 6.92 Å². The molecule has 2 nitrogen and oxygen atoms in total. The van der Waals surface area contributed by atoms with Gasteiger partial charge in [-0.05, 0) is 43.2 Å². The van der Waals surface area contributed by atoms with E-state index in [1.165, 1.54) is 48.8 Å². The molecule has 1 aliphatic carbocycles. The summed E-state index contributed by atoms with van der Waals surface area (Å²) < 4.78 is 0. The van der Waals surface area contributed by atoms with Gasteiger partial charge in [0.25, 0.3) is 0 Å². The van der Waals surface area contributed by atoms with Gasteiger partial charge in [0.05, 0.1) is 6.04 Å². The van der Waals surface area contributed by atoms with Crippen LogP contribution in [0.5, 0.6) is 0 Å². The minimum absolute atomic E-state index is 0.243. The normalized spacial score (nSPS) is 23.5. The van der Waals surface area contributed by atoms with E-state index in [0.29, 0.717) is 12.0 Å². The minimum Gasteiger partial charge on any atom is -0.335 e. The maximum atomic E-state index is 12.1. The van der Waals surface area contributed by atoms with Crippen LogP contribution in [0.25, 0.3) is 0 Å². The predicted molar refractivity (Wildman–Crippen MR) is 81.6 cm³/mol. The second-order valence-corrected chi connectivity index (χ2v) is 6.51. The Balaban J connectivity index is 2.00. The van der Waals surface area contributed by atoms with E-state index < -0.39 is 0 Å². The monoisotopic (exact) mass is 271 g/mol. The summed E-state index contributed by atoms with van der Waals surface area (Å²) in [5.41, 5.74) is 4.21. The lowest BCUT2D eigenvalue weighted by Crippen LogP contribution is -2.42. The number of hydrogen-bond acceptors (Lipinski definition) is 1. The topological polar surface area (TPSA) is 20.3 Å². The van der Waals surface area contributed by atoms with E-state index in [2.05, 4.69) is 30.0 Å². The molecule has 0 aromatic heterocycles. The smallest absolute Gasteiger partial charge is 0.219 e. The third-order valence-electron chi connectivity index (χ3n) is 5.08. The molecule has 0 N–H and O–H groups in total. The predicted octanol–water partition coefficient (Wildman–Crippen LogP) is 4.02. The van der Waals surface area contributed by atoms with Crippen LogP contribution < -0.4 is 0 Å². The lowest BCUT2D eigenvalue weighted by molar-refractivity contribution is -0.133. The van der Waals surface area contributed by atoms with Crippen molar-refractivity contribution < 1.29 is 4.79 Å². The molecule has 1 amide bonds. The summed E-state index contributed by atoms with van der Waals surface area (Å²) in [6.45, 7) is 4.79. The van der Waals surface area contributed by atoms with Gasteiger partial charge in [0.1, 0.15) is 0 Å². The third-order valence-corrected chi connectivity index (χ3v) is 5.08. The molecule has 1 unspecified atom stereocenters. The van der Waals surface area contributed by atoms with Gasteiger partial charge in [-0.25, -0.2) is 0 Å². The van der Waals surface area contributed by atoms with Crippen LogP contribution in [0.15, 0.2) is 18.2 Å². The molecule has 1 atom stereocenters. The van der Waals surface area contributed by atoms with Gasteiger partial charge in [0.15, 0.2) is 0 Å². The molecule has 0 saturated heterocycles. The summed E-state index contributed by atoms with van der Waals surface area (Å²) in [6.07, 6.45) is 7.59. The third kappa shape index (κ3) is 2.48. The lowest BCUT2D eigenvalue weighted by atomic mass is 9.77. The molecule has 1 fully saturated rings. The first-order chi connectivity index (χ1) is 9.66. The molecule has 0 spiro atoms. The molecule has 2 heteroatoms. The highest BCUT2D eigenvalue weighted by atomic mass is 16.2. The van der Waals surface area contributed by atoms with Crippen molar-refractivity contribution in [2.45, 2.75) is 58.4 Å². The van der Waals surface area contributed by atoms with Gasteiger partial charge in [-0.15, -0.1) is 0 Å². The van der Waals surface area contributed by atoms with Gasteiger partial charge < -0.3 is 4.90 Å². The van der Waals surface area contributed by atoms with Crippen molar-refractivity contribution in [1.29, 1.82) is 0 Å². The molecule has 1 aromatic rings. The summed E-state index contributed by atoms with van der Waals surface area (Å²) in [5, 5.41) is 0. The fraction of sp³-hybridized carbons (Fsp3) is 0.611. The van der Waals surface area contributed by atoms with Crippen LogP contribution in [0.1, 0.15) is 61.8 Å². The number of carbonyl (C=O) groups is 1. The first kappa shape index (κ1) is 13.7. The number of nitrogens with zero attached hydrogens (tertiary/aromatic N) is 1. The summed E-state index contributed by atoms with van der Waals surface area (Å²) >= 11 is 0. The molecule has 1 saturated carbocycles. The Labute approximate surface area is 122 Å². The first-order valence-corrected chi connectivity index (χ1v) is 8.03. The van der Waals surface area contributed by atoms with Crippen LogP contribution in [0, 0.1) is 12.8 Å². The highest BCUT2D eigenvalue weighted by Gasteiger charge is 2.35. The van der Waals surface area contributed by atoms with Gasteiger partial charge in [-0.1, -0.05) is 43.0 Å². The largest absolute Gasteiger partial charge is 0.335 e. The summed E-state index contributed by atoms with van der Waals surface area (Å²) in [5.74, 6) is 0.904. The molecule has 20 heavy (non-hydrogen) atoms. The summed E-state index contributed by atoms with van der Waals surface area (Å²) in [6, 6.07) is 7.14. The number of rotatable bonds is 1. The van der Waals surface area contributed by atoms with Gasteiger partial charge in [0.2, 0.25) is 5.91 Å². The molecular formula is C18H25NO. The fourth-order valence-corrected chi connectivity index (χ4v) is 4.08. The van der Waals surface area contributed by atoms with E-state index in [0.717, 1.165) is 13.0 Å². The summed E-state index contributed by atoms with van der Waals surface area (Å²) in [7, 11) is 0. The number of amides is 1. The highest BCUT2D eigenvalue weighted by Crippen LogP contribution is 2.42. The molecule has 1 aliphatic heterocycles. The molecule has 3 rings (SSSR count). The fourth-order valence-electron chi connectivity index (χ4n) is 4.08. The number of fused-ring (bicyclic) bond motifs is 1. The van der Waals surface area contributed by atoms with Crippen LogP contribution in [0.2, 0.25) is 0 Å². The van der Waals surface area contributed by atoms with E-state index >= 15 is 0 Å². The quantitative estimate of drug-likeness (QED) is 0.755. The first-order valence-electron chi connectivity index (χ1n) is 8.03. The van der Waals surface area contributed by atoms with Crippen LogP contribution in [-0.4, -0.2) is 17.4 Å². The van der Waals surface area contributed by atoms with Gasteiger partial charge >= 0.3 is 0 Å². The Morgan fingerprint density at radius 2 is 1.95 bits per heavy atom.